The van der Waals surface area contributed by atoms with Crippen LogP contribution >= 0.6 is 0 Å². The van der Waals surface area contributed by atoms with Crippen molar-refractivity contribution in [2.45, 2.75) is 47.5 Å². The number of nitrogen functional groups attached to an aromatic ring is 1. The predicted molar refractivity (Wildman–Crippen MR) is 78.0 cm³/mol. The van der Waals surface area contributed by atoms with Crippen molar-refractivity contribution in [2.75, 3.05) is 5.73 Å². The van der Waals surface area contributed by atoms with Crippen LogP contribution in [0.1, 0.15) is 58.6 Å². The fourth-order valence-corrected chi connectivity index (χ4v) is 1.53. The Hall–Kier alpha value is -1.24. The minimum Gasteiger partial charge on any atom is -0.398 e. The van der Waals surface area contributed by atoms with E-state index >= 15 is 0 Å². The molecule has 0 amide bonds. The van der Waals surface area contributed by atoms with Crippen molar-refractivity contribution in [2.24, 2.45) is 5.41 Å². The Labute approximate surface area is 106 Å². The molecule has 0 aliphatic rings. The molecule has 17 heavy (non-hydrogen) atoms. The summed E-state index contributed by atoms with van der Waals surface area (Å²) >= 11 is 0. The topological polar surface area (TPSA) is 26.0 Å². The second-order valence-corrected chi connectivity index (χ2v) is 6.12. The molecule has 0 radical (unpaired) electrons. The molecule has 0 heterocycles. The van der Waals surface area contributed by atoms with E-state index < -0.39 is 0 Å². The van der Waals surface area contributed by atoms with E-state index in [9.17, 15) is 0 Å². The Kier molecular flexibility index (Phi) is 4.03. The molecule has 1 heteroatoms. The fourth-order valence-electron chi connectivity index (χ4n) is 1.53. The number of hydrogen-bond donors (Lipinski definition) is 1. The van der Waals surface area contributed by atoms with Crippen LogP contribution in [0.25, 0.3) is 6.08 Å². The molecule has 0 unspecified atom stereocenters. The first-order valence-corrected chi connectivity index (χ1v) is 6.30. The van der Waals surface area contributed by atoms with Crippen LogP contribution in [-0.2, 0) is 0 Å². The van der Waals surface area contributed by atoms with Crippen molar-refractivity contribution < 1.29 is 0 Å². The molecule has 0 aromatic heterocycles. The predicted octanol–water partition coefficient (Wildman–Crippen LogP) is 4.84. The highest BCUT2D eigenvalue weighted by molar-refractivity contribution is 5.67. The Balaban J connectivity index is 3.10. The molecule has 0 saturated heterocycles. The second kappa shape index (κ2) is 4.95. The number of allylic oxidation sites excluding steroid dienone is 1. The summed E-state index contributed by atoms with van der Waals surface area (Å²) in [6.45, 7) is 13.2. The van der Waals surface area contributed by atoms with Crippen LogP contribution in [0, 0.1) is 5.41 Å². The molecular weight excluding hydrogens is 206 g/mol. The molecule has 2 N–H and O–H groups in total. The van der Waals surface area contributed by atoms with Crippen LogP contribution in [-0.4, -0.2) is 0 Å². The highest BCUT2D eigenvalue weighted by Crippen LogP contribution is 2.29. The smallest absolute Gasteiger partial charge is 0.0390 e. The molecule has 0 atom stereocenters. The maximum Gasteiger partial charge on any atom is 0.0390 e. The van der Waals surface area contributed by atoms with Gasteiger partial charge in [0, 0.05) is 5.69 Å². The molecule has 1 aromatic rings. The number of nitrogens with two attached hydrogens (primary N) is 1. The van der Waals surface area contributed by atoms with Crippen LogP contribution in [0.3, 0.4) is 0 Å². The molecule has 1 rings (SSSR count). The normalized spacial score (nSPS) is 13.2. The first-order chi connectivity index (χ1) is 7.71. The molecule has 0 aliphatic heterocycles. The monoisotopic (exact) mass is 231 g/mol. The number of benzene rings is 1. The zero-order valence-corrected chi connectivity index (χ0v) is 12.0. The summed E-state index contributed by atoms with van der Waals surface area (Å²) in [7, 11) is 0. The van der Waals surface area contributed by atoms with Gasteiger partial charge in [-0.1, -0.05) is 58.4 Å². The summed E-state index contributed by atoms with van der Waals surface area (Å²) in [5.74, 6) is 0.527. The number of hydrogen-bond acceptors (Lipinski definition) is 1. The van der Waals surface area contributed by atoms with Crippen molar-refractivity contribution in [1.82, 2.24) is 0 Å². The molecule has 94 valence electrons. The lowest BCUT2D eigenvalue weighted by atomic mass is 9.86. The third-order valence-corrected chi connectivity index (χ3v) is 3.33. The zero-order chi connectivity index (χ0) is 13.2. The minimum absolute atomic E-state index is 0.198. The summed E-state index contributed by atoms with van der Waals surface area (Å²) in [4.78, 5) is 0. The minimum atomic E-state index is 0.198. The number of anilines is 1. The van der Waals surface area contributed by atoms with Crippen molar-refractivity contribution in [3.8, 4) is 0 Å². The van der Waals surface area contributed by atoms with E-state index in [0.29, 0.717) is 5.92 Å². The van der Waals surface area contributed by atoms with Crippen molar-refractivity contribution in [3.63, 3.8) is 0 Å². The molecular formula is C16H25N. The van der Waals surface area contributed by atoms with E-state index in [1.54, 1.807) is 0 Å². The summed E-state index contributed by atoms with van der Waals surface area (Å²) in [5.41, 5.74) is 11.0. The van der Waals surface area contributed by atoms with Gasteiger partial charge in [0.15, 0.2) is 0 Å². The van der Waals surface area contributed by atoms with Crippen molar-refractivity contribution >= 4 is 11.8 Å². The lowest BCUT2D eigenvalue weighted by Crippen LogP contribution is -2.06. The highest BCUT2D eigenvalue weighted by atomic mass is 14.6. The summed E-state index contributed by atoms with van der Waals surface area (Å²) in [5, 5.41) is 0. The second-order valence-electron chi connectivity index (χ2n) is 6.12. The lowest BCUT2D eigenvalue weighted by Gasteiger charge is -2.20. The molecule has 1 nitrogen and oxygen atoms in total. The van der Waals surface area contributed by atoms with Crippen LogP contribution in [0.4, 0.5) is 5.69 Å². The highest BCUT2D eigenvalue weighted by Gasteiger charge is 2.13. The molecule has 0 bridgehead atoms. The van der Waals surface area contributed by atoms with Gasteiger partial charge in [-0.3, -0.25) is 0 Å². The van der Waals surface area contributed by atoms with E-state index in [-0.39, 0.29) is 5.41 Å². The third-order valence-electron chi connectivity index (χ3n) is 3.33. The van der Waals surface area contributed by atoms with Gasteiger partial charge < -0.3 is 5.73 Å². The summed E-state index contributed by atoms with van der Waals surface area (Å²) in [6.07, 6.45) is 2.19. The van der Waals surface area contributed by atoms with Gasteiger partial charge >= 0.3 is 0 Å². The first kappa shape index (κ1) is 13.8. The van der Waals surface area contributed by atoms with E-state index in [0.717, 1.165) is 11.3 Å². The lowest BCUT2D eigenvalue weighted by molar-refractivity contribution is 0.508. The third kappa shape index (κ3) is 3.62. The van der Waals surface area contributed by atoms with E-state index in [1.807, 2.05) is 0 Å². The van der Waals surface area contributed by atoms with Crippen LogP contribution in [0.2, 0.25) is 0 Å². The van der Waals surface area contributed by atoms with Crippen molar-refractivity contribution in [1.29, 1.82) is 0 Å². The van der Waals surface area contributed by atoms with E-state index in [2.05, 4.69) is 65.8 Å². The van der Waals surface area contributed by atoms with Gasteiger partial charge in [-0.25, -0.2) is 0 Å². The van der Waals surface area contributed by atoms with Gasteiger partial charge in [-0.15, -0.1) is 0 Å². The van der Waals surface area contributed by atoms with Crippen LogP contribution in [0.5, 0.6) is 0 Å². The van der Waals surface area contributed by atoms with Gasteiger partial charge in [0.25, 0.3) is 0 Å². The molecule has 0 spiro atoms. The van der Waals surface area contributed by atoms with Gasteiger partial charge in [-0.05, 0) is 35.4 Å². The Morgan fingerprint density at radius 3 is 2.24 bits per heavy atom. The van der Waals surface area contributed by atoms with Crippen LogP contribution < -0.4 is 5.73 Å². The molecule has 1 aromatic carbocycles. The van der Waals surface area contributed by atoms with Gasteiger partial charge in [-0.2, -0.15) is 0 Å². The SMILES string of the molecule is C/C(=C\c1ccc(C(C)C)cc1N)C(C)(C)C. The number of rotatable bonds is 2. The zero-order valence-electron chi connectivity index (χ0n) is 12.0. The first-order valence-electron chi connectivity index (χ1n) is 6.30. The molecule has 0 saturated carbocycles. The summed E-state index contributed by atoms with van der Waals surface area (Å²) < 4.78 is 0. The Morgan fingerprint density at radius 1 is 1.24 bits per heavy atom. The van der Waals surface area contributed by atoms with Crippen LogP contribution in [0.15, 0.2) is 23.8 Å². The van der Waals surface area contributed by atoms with Crippen molar-refractivity contribution in [3.05, 3.63) is 34.9 Å². The largest absolute Gasteiger partial charge is 0.398 e. The standard InChI is InChI=1S/C16H25N/c1-11(2)13-7-8-14(15(17)10-13)9-12(3)16(4,5)6/h7-11H,17H2,1-6H3/b12-9+. The molecule has 0 fully saturated rings. The maximum atomic E-state index is 6.11. The molecule has 0 aliphatic carbocycles. The van der Waals surface area contributed by atoms with Gasteiger partial charge in [0.1, 0.15) is 0 Å². The summed E-state index contributed by atoms with van der Waals surface area (Å²) in [6, 6.07) is 6.38. The Morgan fingerprint density at radius 2 is 1.82 bits per heavy atom. The quantitative estimate of drug-likeness (QED) is 0.724. The fraction of sp³-hybridized carbons (Fsp3) is 0.500. The maximum absolute atomic E-state index is 6.11. The van der Waals surface area contributed by atoms with Gasteiger partial charge in [0.05, 0.1) is 0 Å². The van der Waals surface area contributed by atoms with E-state index in [4.69, 9.17) is 5.73 Å². The average Bonchev–Trinajstić information content (AvgIpc) is 2.19. The van der Waals surface area contributed by atoms with E-state index in [1.165, 1.54) is 11.1 Å². The van der Waals surface area contributed by atoms with Gasteiger partial charge in [0.2, 0.25) is 0 Å². The Bertz CT molecular complexity index is 420. The average molecular weight is 231 g/mol.